The molecule has 276 valence electrons. The number of thiophene rings is 1. The molecule has 3 aromatic rings. The van der Waals surface area contributed by atoms with Gasteiger partial charge in [-0.15, -0.1) is 11.3 Å². The number of carbonyl (C=O) groups is 5. The molecule has 0 spiro atoms. The number of amides is 4. The van der Waals surface area contributed by atoms with Crippen molar-refractivity contribution in [1.82, 2.24) is 10.6 Å². The van der Waals surface area contributed by atoms with Gasteiger partial charge in [-0.3, -0.25) is 24.2 Å². The maximum atomic E-state index is 12.8. The SMILES string of the molecule is NC1=NC(=O)C2=NC(CNc3ccc(C(=O)N[C@@H](CCC(=O)NCCCCCCC(=O)Nc4cc(-c5cccs5)ccc4N)C(=O)O)cc3)C=NC2=N1. The zero-order valence-corrected chi connectivity index (χ0v) is 29.5. The molecule has 0 saturated heterocycles. The van der Waals surface area contributed by atoms with E-state index in [1.54, 1.807) is 29.5 Å². The lowest BCUT2D eigenvalue weighted by Crippen LogP contribution is -2.41. The number of nitrogens with one attached hydrogen (secondary N) is 4. The molecule has 2 aliphatic heterocycles. The van der Waals surface area contributed by atoms with E-state index >= 15 is 0 Å². The molecule has 2 aromatic carbocycles. The number of amidine groups is 1. The first kappa shape index (κ1) is 38.0. The highest BCUT2D eigenvalue weighted by molar-refractivity contribution is 7.13. The van der Waals surface area contributed by atoms with Crippen LogP contribution in [0, 0.1) is 0 Å². The number of aliphatic imine (C=N–C) groups is 4. The Kier molecular flexibility index (Phi) is 13.1. The molecular weight excluding hydrogens is 701 g/mol. The van der Waals surface area contributed by atoms with Crippen LogP contribution in [0.5, 0.6) is 0 Å². The second-order valence-corrected chi connectivity index (χ2v) is 13.2. The predicted octanol–water partition coefficient (Wildman–Crippen LogP) is 3.23. The highest BCUT2D eigenvalue weighted by Gasteiger charge is 2.27. The third-order valence-electron chi connectivity index (χ3n) is 8.23. The topological polar surface area (TPSA) is 255 Å². The van der Waals surface area contributed by atoms with Gasteiger partial charge in [0, 0.05) is 48.3 Å². The van der Waals surface area contributed by atoms with Crippen LogP contribution in [-0.2, 0) is 19.2 Å². The van der Waals surface area contributed by atoms with Crippen molar-refractivity contribution < 1.29 is 29.1 Å². The minimum Gasteiger partial charge on any atom is -0.480 e. The molecule has 9 N–H and O–H groups in total. The van der Waals surface area contributed by atoms with Gasteiger partial charge in [-0.1, -0.05) is 25.0 Å². The summed E-state index contributed by atoms with van der Waals surface area (Å²) in [5, 5.41) is 22.9. The lowest BCUT2D eigenvalue weighted by molar-refractivity contribution is -0.139. The first-order valence-corrected chi connectivity index (χ1v) is 17.9. The van der Waals surface area contributed by atoms with Gasteiger partial charge in [0.05, 0.1) is 11.4 Å². The summed E-state index contributed by atoms with van der Waals surface area (Å²) in [4.78, 5) is 78.5. The first-order valence-electron chi connectivity index (χ1n) is 17.0. The van der Waals surface area contributed by atoms with Crippen LogP contribution in [0.25, 0.3) is 10.4 Å². The second-order valence-electron chi connectivity index (χ2n) is 12.2. The van der Waals surface area contributed by atoms with Gasteiger partial charge in [0.1, 0.15) is 12.1 Å². The number of nitrogens with zero attached hydrogens (tertiary/aromatic N) is 4. The number of anilines is 3. The van der Waals surface area contributed by atoms with Gasteiger partial charge in [0.25, 0.3) is 5.91 Å². The van der Waals surface area contributed by atoms with Crippen LogP contribution in [-0.4, -0.2) is 83.6 Å². The molecule has 1 aromatic heterocycles. The van der Waals surface area contributed by atoms with Crippen LogP contribution in [0.4, 0.5) is 17.1 Å². The van der Waals surface area contributed by atoms with Crippen LogP contribution in [0.3, 0.4) is 0 Å². The molecule has 0 bridgehead atoms. The molecule has 0 radical (unpaired) electrons. The van der Waals surface area contributed by atoms with Crippen LogP contribution >= 0.6 is 11.3 Å². The summed E-state index contributed by atoms with van der Waals surface area (Å²) in [7, 11) is 0. The summed E-state index contributed by atoms with van der Waals surface area (Å²) >= 11 is 1.61. The molecule has 4 amide bonds. The average Bonchev–Trinajstić information content (AvgIpc) is 3.68. The molecule has 53 heavy (non-hydrogen) atoms. The van der Waals surface area contributed by atoms with Crippen LogP contribution in [0.1, 0.15) is 55.3 Å². The van der Waals surface area contributed by atoms with E-state index in [1.165, 1.54) is 18.3 Å². The van der Waals surface area contributed by atoms with E-state index in [0.717, 1.165) is 23.3 Å². The minimum absolute atomic E-state index is 0.0381. The van der Waals surface area contributed by atoms with E-state index in [0.29, 0.717) is 49.4 Å². The first-order chi connectivity index (χ1) is 25.5. The number of rotatable bonds is 18. The second kappa shape index (κ2) is 18.3. The van der Waals surface area contributed by atoms with E-state index in [1.807, 2.05) is 29.6 Å². The van der Waals surface area contributed by atoms with Gasteiger partial charge in [-0.25, -0.2) is 9.79 Å². The molecule has 0 aliphatic carbocycles. The zero-order chi connectivity index (χ0) is 37.7. The summed E-state index contributed by atoms with van der Waals surface area (Å²) in [5.41, 5.74) is 14.6. The van der Waals surface area contributed by atoms with Crippen LogP contribution in [0.15, 0.2) is 79.9 Å². The van der Waals surface area contributed by atoms with Gasteiger partial charge in [-0.2, -0.15) is 9.98 Å². The fourth-order valence-electron chi connectivity index (χ4n) is 5.39. The lowest BCUT2D eigenvalue weighted by atomic mass is 10.1. The number of guanidine groups is 1. The normalized spacial score (nSPS) is 15.3. The number of hydrogen-bond acceptors (Lipinski definition) is 12. The van der Waals surface area contributed by atoms with Crippen molar-refractivity contribution in [2.24, 2.45) is 25.7 Å². The van der Waals surface area contributed by atoms with E-state index in [-0.39, 0.29) is 47.7 Å². The van der Waals surface area contributed by atoms with Crippen molar-refractivity contribution in [3.63, 3.8) is 0 Å². The predicted molar refractivity (Wildman–Crippen MR) is 206 cm³/mol. The van der Waals surface area contributed by atoms with E-state index in [4.69, 9.17) is 11.5 Å². The summed E-state index contributed by atoms with van der Waals surface area (Å²) < 4.78 is 0. The number of aliphatic carboxylic acids is 1. The van der Waals surface area contributed by atoms with Crippen molar-refractivity contribution in [2.75, 3.05) is 29.5 Å². The maximum absolute atomic E-state index is 12.8. The molecule has 5 rings (SSSR count). The van der Waals surface area contributed by atoms with Crippen LogP contribution < -0.4 is 32.7 Å². The van der Waals surface area contributed by atoms with Crippen molar-refractivity contribution in [2.45, 2.75) is 57.0 Å². The number of unbranched alkanes of at least 4 members (excludes halogenated alkanes) is 3. The zero-order valence-electron chi connectivity index (χ0n) is 28.7. The molecule has 3 heterocycles. The molecule has 0 saturated carbocycles. The Morgan fingerprint density at radius 1 is 0.925 bits per heavy atom. The Labute approximate surface area is 309 Å². The van der Waals surface area contributed by atoms with Crippen molar-refractivity contribution in [3.8, 4) is 10.4 Å². The molecule has 1 unspecified atom stereocenters. The number of carboxylic acid groups (broad SMARTS) is 1. The molecule has 16 nitrogen and oxygen atoms in total. The van der Waals surface area contributed by atoms with Gasteiger partial charge in [-0.05, 0) is 72.7 Å². The largest absolute Gasteiger partial charge is 0.480 e. The highest BCUT2D eigenvalue weighted by Crippen LogP contribution is 2.30. The molecular formula is C36H40N10O6S. The molecule has 2 atom stereocenters. The van der Waals surface area contributed by atoms with E-state index < -0.39 is 29.9 Å². The van der Waals surface area contributed by atoms with E-state index in [2.05, 4.69) is 41.2 Å². The summed E-state index contributed by atoms with van der Waals surface area (Å²) in [6, 6.07) is 14.2. The molecule has 2 aliphatic rings. The standard InChI is InChI=1S/C36H40N10O6S/c37-25-13-10-22(28-6-5-17-53-28)18-27(25)43-30(48)7-3-1-2-4-16-39-29(47)15-14-26(35(51)52)44-33(49)21-8-11-23(12-9-21)40-19-24-20-41-32-31(42-24)34(50)46-36(38)45-32/h5-6,8-13,17-18,20,24,26,40H,1-4,7,14-16,19,37H2,(H,39,47)(H,43,48)(H,44,49)(H,51,52)(H2,38,46,50)/t24?,26-/m0/s1. The molecule has 0 fully saturated rings. The van der Waals surface area contributed by atoms with Gasteiger partial charge < -0.3 is 37.8 Å². The summed E-state index contributed by atoms with van der Waals surface area (Å²) in [6.07, 6.45) is 4.71. The smallest absolute Gasteiger partial charge is 0.326 e. The van der Waals surface area contributed by atoms with Crippen molar-refractivity contribution in [1.29, 1.82) is 0 Å². The monoisotopic (exact) mass is 740 g/mol. The fraction of sp³-hybridized carbons (Fsp3) is 0.306. The quantitative estimate of drug-likeness (QED) is 0.0745. The number of fused-ring (bicyclic) bond motifs is 1. The number of hydrogen-bond donors (Lipinski definition) is 7. The van der Waals surface area contributed by atoms with Crippen molar-refractivity contribution >= 4 is 81.7 Å². The number of benzene rings is 2. The Hall–Kier alpha value is -6.23. The Balaban J connectivity index is 0.946. The Bertz CT molecular complexity index is 1960. The Morgan fingerprint density at radius 3 is 2.47 bits per heavy atom. The van der Waals surface area contributed by atoms with Gasteiger partial charge in [0.15, 0.2) is 11.5 Å². The lowest BCUT2D eigenvalue weighted by Gasteiger charge is -2.17. The maximum Gasteiger partial charge on any atom is 0.326 e. The highest BCUT2D eigenvalue weighted by atomic mass is 32.1. The Morgan fingerprint density at radius 2 is 1.72 bits per heavy atom. The number of carbonyl (C=O) groups excluding carboxylic acids is 4. The van der Waals surface area contributed by atoms with Gasteiger partial charge in [0.2, 0.25) is 17.8 Å². The number of nitrogen functional groups attached to an aromatic ring is 1. The summed E-state index contributed by atoms with van der Waals surface area (Å²) in [5.74, 6) is -2.93. The third-order valence-corrected chi connectivity index (χ3v) is 9.15. The third kappa shape index (κ3) is 11.1. The average molecular weight is 741 g/mol. The fourth-order valence-corrected chi connectivity index (χ4v) is 6.11. The minimum atomic E-state index is -1.26. The van der Waals surface area contributed by atoms with E-state index in [9.17, 15) is 29.1 Å². The van der Waals surface area contributed by atoms with Gasteiger partial charge >= 0.3 is 11.9 Å². The number of carboxylic acids is 1. The molecule has 17 heteroatoms. The van der Waals surface area contributed by atoms with Crippen molar-refractivity contribution in [3.05, 3.63) is 65.5 Å². The van der Waals surface area contributed by atoms with Crippen LogP contribution in [0.2, 0.25) is 0 Å². The summed E-state index contributed by atoms with van der Waals surface area (Å²) in [6.45, 7) is 0.711. The number of nitrogens with two attached hydrogens (primary N) is 2.